The molecule has 3 rings (SSSR count). The molecular formula is C18H26N2O5S. The number of rotatable bonds is 5. The van der Waals surface area contributed by atoms with Gasteiger partial charge in [-0.1, -0.05) is 12.1 Å². The Kier molecular flexibility index (Phi) is 6.16. The smallest absolute Gasteiger partial charge is 0.227 e. The van der Waals surface area contributed by atoms with Crippen molar-refractivity contribution in [3.05, 3.63) is 29.8 Å². The summed E-state index contributed by atoms with van der Waals surface area (Å²) in [6.45, 7) is 2.56. The lowest BCUT2D eigenvalue weighted by molar-refractivity contribution is -0.131. The third-order valence-corrected chi connectivity index (χ3v) is 7.31. The van der Waals surface area contributed by atoms with E-state index in [1.807, 2.05) is 24.3 Å². The molecule has 8 heteroatoms. The molecule has 0 radical (unpaired) electrons. The van der Waals surface area contributed by atoms with Gasteiger partial charge in [0.2, 0.25) is 15.9 Å². The van der Waals surface area contributed by atoms with Gasteiger partial charge in [0, 0.05) is 26.2 Å². The summed E-state index contributed by atoms with van der Waals surface area (Å²) in [6.07, 6.45) is 1.59. The fourth-order valence-corrected chi connectivity index (χ4v) is 5.36. The van der Waals surface area contributed by atoms with E-state index in [-0.39, 0.29) is 18.9 Å². The highest BCUT2D eigenvalue weighted by molar-refractivity contribution is 7.89. The average molecular weight is 382 g/mol. The minimum Gasteiger partial charge on any atom is -0.497 e. The number of carbonyl (C=O) groups is 1. The van der Waals surface area contributed by atoms with Crippen molar-refractivity contribution in [1.82, 2.24) is 9.21 Å². The summed E-state index contributed by atoms with van der Waals surface area (Å²) in [5, 5.41) is -0.519. The van der Waals surface area contributed by atoms with Gasteiger partial charge in [0.25, 0.3) is 0 Å². The Labute approximate surface area is 154 Å². The number of sulfonamides is 1. The molecule has 1 unspecified atom stereocenters. The zero-order chi connectivity index (χ0) is 18.6. The minimum absolute atomic E-state index is 0.0305. The van der Waals surface area contributed by atoms with Crippen LogP contribution in [0.1, 0.15) is 18.4 Å². The topological polar surface area (TPSA) is 76.2 Å². The Morgan fingerprint density at radius 1 is 1.19 bits per heavy atom. The van der Waals surface area contributed by atoms with Crippen molar-refractivity contribution in [2.45, 2.75) is 24.5 Å². The standard InChI is InChI=1S/C18H26N2O5S/c1-24-16-6-4-15(5-7-16)13-18(21)19-8-2-3-17(14-19)26(22,23)20-9-11-25-12-10-20/h4-7,17H,2-3,8-14H2,1H3. The van der Waals surface area contributed by atoms with Crippen LogP contribution >= 0.6 is 0 Å². The molecule has 1 aromatic carbocycles. The quantitative estimate of drug-likeness (QED) is 0.756. The van der Waals surface area contributed by atoms with Gasteiger partial charge in [0.1, 0.15) is 5.75 Å². The number of ether oxygens (including phenoxy) is 2. The summed E-state index contributed by atoms with van der Waals surface area (Å²) in [7, 11) is -1.79. The van der Waals surface area contributed by atoms with Crippen LogP contribution < -0.4 is 4.74 Å². The molecule has 0 bridgehead atoms. The van der Waals surface area contributed by atoms with Gasteiger partial charge >= 0.3 is 0 Å². The van der Waals surface area contributed by atoms with Crippen LogP contribution in [0.15, 0.2) is 24.3 Å². The first-order valence-electron chi connectivity index (χ1n) is 8.98. The molecule has 2 aliphatic heterocycles. The molecule has 2 saturated heterocycles. The molecule has 0 aromatic heterocycles. The second kappa shape index (κ2) is 8.37. The number of hydrogen-bond donors (Lipinski definition) is 0. The maximum atomic E-state index is 12.9. The van der Waals surface area contributed by atoms with Gasteiger partial charge in [-0.3, -0.25) is 4.79 Å². The number of amides is 1. The van der Waals surface area contributed by atoms with Crippen molar-refractivity contribution in [3.8, 4) is 5.75 Å². The van der Waals surface area contributed by atoms with Crippen LogP contribution in [0.3, 0.4) is 0 Å². The molecule has 2 heterocycles. The molecular weight excluding hydrogens is 356 g/mol. The number of carbonyl (C=O) groups excluding carboxylic acids is 1. The van der Waals surface area contributed by atoms with E-state index in [1.54, 1.807) is 12.0 Å². The Hall–Kier alpha value is -1.64. The highest BCUT2D eigenvalue weighted by Gasteiger charge is 2.37. The molecule has 1 amide bonds. The van der Waals surface area contributed by atoms with E-state index < -0.39 is 15.3 Å². The molecule has 0 spiro atoms. The SMILES string of the molecule is COc1ccc(CC(=O)N2CCCC(S(=O)(=O)N3CCOCC3)C2)cc1. The molecule has 7 nitrogen and oxygen atoms in total. The van der Waals surface area contributed by atoms with Crippen LogP contribution in [0, 0.1) is 0 Å². The molecule has 144 valence electrons. The predicted octanol–water partition coefficient (Wildman–Crippen LogP) is 0.891. The third kappa shape index (κ3) is 4.36. The van der Waals surface area contributed by atoms with E-state index in [4.69, 9.17) is 9.47 Å². The van der Waals surface area contributed by atoms with Crippen LogP contribution in [0.5, 0.6) is 5.75 Å². The summed E-state index contributed by atoms with van der Waals surface area (Å²) in [5.41, 5.74) is 0.897. The van der Waals surface area contributed by atoms with Crippen molar-refractivity contribution < 1.29 is 22.7 Å². The van der Waals surface area contributed by atoms with Crippen molar-refractivity contribution in [1.29, 1.82) is 0 Å². The first-order valence-corrected chi connectivity index (χ1v) is 10.5. The van der Waals surface area contributed by atoms with E-state index in [0.717, 1.165) is 11.3 Å². The fraction of sp³-hybridized carbons (Fsp3) is 0.611. The molecule has 26 heavy (non-hydrogen) atoms. The van der Waals surface area contributed by atoms with E-state index in [0.29, 0.717) is 45.7 Å². The molecule has 0 aliphatic carbocycles. The first-order chi connectivity index (χ1) is 12.5. The van der Waals surface area contributed by atoms with Crippen molar-refractivity contribution in [2.75, 3.05) is 46.5 Å². The van der Waals surface area contributed by atoms with Gasteiger partial charge in [-0.25, -0.2) is 8.42 Å². The largest absolute Gasteiger partial charge is 0.497 e. The van der Waals surface area contributed by atoms with Gasteiger partial charge in [0.15, 0.2) is 0 Å². The predicted molar refractivity (Wildman–Crippen MR) is 97.6 cm³/mol. The van der Waals surface area contributed by atoms with Crippen molar-refractivity contribution in [3.63, 3.8) is 0 Å². The summed E-state index contributed by atoms with van der Waals surface area (Å²) in [5.74, 6) is 0.716. The lowest BCUT2D eigenvalue weighted by Gasteiger charge is -2.36. The number of methoxy groups -OCH3 is 1. The van der Waals surface area contributed by atoms with Gasteiger partial charge in [0.05, 0.1) is 32.0 Å². The Morgan fingerprint density at radius 3 is 2.54 bits per heavy atom. The van der Waals surface area contributed by atoms with Gasteiger partial charge in [-0.05, 0) is 30.5 Å². The zero-order valence-electron chi connectivity index (χ0n) is 15.1. The number of morpholine rings is 1. The number of nitrogens with zero attached hydrogens (tertiary/aromatic N) is 2. The van der Waals surface area contributed by atoms with Gasteiger partial charge in [-0.15, -0.1) is 0 Å². The second-order valence-electron chi connectivity index (χ2n) is 6.69. The normalized spacial score (nSPS) is 22.2. The zero-order valence-corrected chi connectivity index (χ0v) is 15.9. The maximum Gasteiger partial charge on any atom is 0.227 e. The lowest BCUT2D eigenvalue weighted by Crippen LogP contribution is -2.52. The van der Waals surface area contributed by atoms with Crippen molar-refractivity contribution >= 4 is 15.9 Å². The highest BCUT2D eigenvalue weighted by atomic mass is 32.2. The molecule has 2 aliphatic rings. The highest BCUT2D eigenvalue weighted by Crippen LogP contribution is 2.22. The summed E-state index contributed by atoms with van der Waals surface area (Å²) >= 11 is 0. The molecule has 0 saturated carbocycles. The van der Waals surface area contributed by atoms with Crippen LogP contribution in [0.4, 0.5) is 0 Å². The van der Waals surface area contributed by atoms with E-state index >= 15 is 0 Å². The van der Waals surface area contributed by atoms with E-state index in [1.165, 1.54) is 4.31 Å². The van der Waals surface area contributed by atoms with Gasteiger partial charge in [-0.2, -0.15) is 4.31 Å². The number of hydrogen-bond acceptors (Lipinski definition) is 5. The minimum atomic E-state index is -3.39. The summed E-state index contributed by atoms with van der Waals surface area (Å²) in [6, 6.07) is 7.38. The Balaban J connectivity index is 1.62. The Morgan fingerprint density at radius 2 is 1.88 bits per heavy atom. The van der Waals surface area contributed by atoms with E-state index in [2.05, 4.69) is 0 Å². The molecule has 1 atom stereocenters. The van der Waals surface area contributed by atoms with Crippen LogP contribution in [-0.2, 0) is 26.0 Å². The fourth-order valence-electron chi connectivity index (χ4n) is 3.45. The van der Waals surface area contributed by atoms with Gasteiger partial charge < -0.3 is 14.4 Å². The number of likely N-dealkylation sites (tertiary alicyclic amines) is 1. The Bertz CT molecular complexity index is 714. The van der Waals surface area contributed by atoms with Crippen LogP contribution in [0.25, 0.3) is 0 Å². The third-order valence-electron chi connectivity index (χ3n) is 5.00. The van der Waals surface area contributed by atoms with Crippen LogP contribution in [-0.4, -0.2) is 75.3 Å². The maximum absolute atomic E-state index is 12.9. The summed E-state index contributed by atoms with van der Waals surface area (Å²) in [4.78, 5) is 14.3. The first kappa shape index (κ1) is 19.1. The summed E-state index contributed by atoms with van der Waals surface area (Å²) < 4.78 is 37.6. The number of piperidine rings is 1. The molecule has 0 N–H and O–H groups in total. The number of benzene rings is 1. The van der Waals surface area contributed by atoms with Crippen molar-refractivity contribution in [2.24, 2.45) is 0 Å². The lowest BCUT2D eigenvalue weighted by atomic mass is 10.1. The molecule has 2 fully saturated rings. The molecule has 1 aromatic rings. The monoisotopic (exact) mass is 382 g/mol. The second-order valence-corrected chi connectivity index (χ2v) is 8.90. The van der Waals surface area contributed by atoms with E-state index in [9.17, 15) is 13.2 Å². The van der Waals surface area contributed by atoms with Crippen LogP contribution in [0.2, 0.25) is 0 Å². The average Bonchev–Trinajstić information content (AvgIpc) is 2.69.